The second kappa shape index (κ2) is 10.3. The van der Waals surface area contributed by atoms with Crippen LogP contribution in [-0.2, 0) is 11.2 Å². The molecule has 1 aliphatic heterocycles. The summed E-state index contributed by atoms with van der Waals surface area (Å²) in [4.78, 5) is 15.1. The van der Waals surface area contributed by atoms with Gasteiger partial charge < -0.3 is 10.2 Å². The van der Waals surface area contributed by atoms with Crippen molar-refractivity contribution in [3.8, 4) is 5.69 Å². The topological polar surface area (TPSA) is 75.9 Å². The molecule has 5 rings (SSSR count). The van der Waals surface area contributed by atoms with Gasteiger partial charge in [0.2, 0.25) is 5.91 Å². The van der Waals surface area contributed by atoms with Gasteiger partial charge in [-0.15, -0.1) is 5.10 Å². The van der Waals surface area contributed by atoms with Crippen LogP contribution in [-0.4, -0.2) is 45.5 Å². The predicted molar refractivity (Wildman–Crippen MR) is 139 cm³/mol. The van der Waals surface area contributed by atoms with Crippen molar-refractivity contribution < 1.29 is 4.79 Å². The van der Waals surface area contributed by atoms with E-state index in [2.05, 4.69) is 51.6 Å². The minimum atomic E-state index is -0.0593. The fourth-order valence-corrected chi connectivity index (χ4v) is 5.02. The van der Waals surface area contributed by atoms with Crippen LogP contribution in [0, 0.1) is 19.8 Å². The van der Waals surface area contributed by atoms with E-state index in [-0.39, 0.29) is 11.8 Å². The zero-order valence-electron chi connectivity index (χ0n) is 20.4. The minimum Gasteiger partial charge on any atom is -0.356 e. The summed E-state index contributed by atoms with van der Waals surface area (Å²) in [5.41, 5.74) is 5.08. The van der Waals surface area contributed by atoms with Crippen molar-refractivity contribution in [2.75, 3.05) is 24.5 Å². The number of rotatable bonds is 7. The second-order valence-electron chi connectivity index (χ2n) is 9.33. The SMILES string of the molecule is Cc1nnc(N2CCC[C@@H](C(=O)NCCCc3ccccc3)C2)c2nn(-c3ccccc3)c(C)c12. The number of piperidine rings is 1. The third-order valence-corrected chi connectivity index (χ3v) is 6.86. The average Bonchev–Trinajstić information content (AvgIpc) is 3.26. The molecule has 1 N–H and O–H groups in total. The van der Waals surface area contributed by atoms with Crippen LogP contribution in [0.2, 0.25) is 0 Å². The number of aryl methyl sites for hydroxylation is 3. The number of nitrogens with zero attached hydrogens (tertiary/aromatic N) is 5. The van der Waals surface area contributed by atoms with Crippen LogP contribution in [0.4, 0.5) is 5.82 Å². The molecule has 0 unspecified atom stereocenters. The molecule has 1 aliphatic rings. The molecule has 0 saturated carbocycles. The number of amides is 1. The van der Waals surface area contributed by atoms with Gasteiger partial charge in [-0.3, -0.25) is 4.79 Å². The lowest BCUT2D eigenvalue weighted by molar-refractivity contribution is -0.125. The maximum absolute atomic E-state index is 13.0. The lowest BCUT2D eigenvalue weighted by Crippen LogP contribution is -2.43. The number of hydrogen-bond acceptors (Lipinski definition) is 5. The average molecular weight is 469 g/mol. The van der Waals surface area contributed by atoms with Crippen molar-refractivity contribution in [3.05, 3.63) is 77.6 Å². The van der Waals surface area contributed by atoms with Crippen LogP contribution < -0.4 is 10.2 Å². The third kappa shape index (κ3) is 4.90. The van der Waals surface area contributed by atoms with E-state index in [0.29, 0.717) is 13.1 Å². The maximum Gasteiger partial charge on any atom is 0.224 e. The molecule has 7 heteroatoms. The van der Waals surface area contributed by atoms with Crippen LogP contribution in [0.15, 0.2) is 60.7 Å². The number of carbonyl (C=O) groups excluding carboxylic acids is 1. The number of benzene rings is 2. The van der Waals surface area contributed by atoms with E-state index in [1.165, 1.54) is 5.56 Å². The van der Waals surface area contributed by atoms with Gasteiger partial charge in [0.25, 0.3) is 0 Å². The molecule has 4 aromatic rings. The summed E-state index contributed by atoms with van der Waals surface area (Å²) in [6, 6.07) is 20.5. The summed E-state index contributed by atoms with van der Waals surface area (Å²) >= 11 is 0. The Morgan fingerprint density at radius 3 is 2.54 bits per heavy atom. The number of carbonyl (C=O) groups is 1. The standard InChI is InChI=1S/C28H32N6O/c1-20-25-21(2)34(24-15-7-4-8-16-24)32-26(25)27(31-30-20)33-18-10-14-23(19-33)28(35)29-17-9-13-22-11-5-3-6-12-22/h3-8,11-12,15-16,23H,9-10,13-14,17-19H2,1-2H3,(H,29,35)/t23-/m1/s1. The first kappa shape index (κ1) is 23.0. The molecule has 0 radical (unpaired) electrons. The quantitative estimate of drug-likeness (QED) is 0.407. The van der Waals surface area contributed by atoms with E-state index in [1.54, 1.807) is 0 Å². The summed E-state index contributed by atoms with van der Waals surface area (Å²) < 4.78 is 1.96. The first-order valence-electron chi connectivity index (χ1n) is 12.5. The lowest BCUT2D eigenvalue weighted by Gasteiger charge is -2.32. The number of anilines is 1. The molecule has 3 heterocycles. The van der Waals surface area contributed by atoms with Gasteiger partial charge in [0.05, 0.1) is 28.4 Å². The maximum atomic E-state index is 13.0. The molecule has 1 atom stereocenters. The minimum absolute atomic E-state index is 0.0593. The Balaban J connectivity index is 1.30. The summed E-state index contributed by atoms with van der Waals surface area (Å²) in [5, 5.41) is 18.2. The largest absolute Gasteiger partial charge is 0.356 e. The van der Waals surface area contributed by atoms with Crippen LogP contribution in [0.3, 0.4) is 0 Å². The lowest BCUT2D eigenvalue weighted by atomic mass is 9.97. The van der Waals surface area contributed by atoms with E-state index in [9.17, 15) is 4.79 Å². The highest BCUT2D eigenvalue weighted by molar-refractivity contribution is 5.92. The molecule has 1 fully saturated rings. The van der Waals surface area contributed by atoms with Gasteiger partial charge in [0, 0.05) is 19.6 Å². The van der Waals surface area contributed by atoms with Crippen molar-refractivity contribution in [1.29, 1.82) is 0 Å². The van der Waals surface area contributed by atoms with Crippen molar-refractivity contribution in [2.45, 2.75) is 39.5 Å². The zero-order chi connectivity index (χ0) is 24.2. The van der Waals surface area contributed by atoms with Gasteiger partial charge in [-0.1, -0.05) is 48.5 Å². The van der Waals surface area contributed by atoms with Crippen molar-refractivity contribution in [3.63, 3.8) is 0 Å². The fraction of sp³-hybridized carbons (Fsp3) is 0.357. The first-order chi connectivity index (χ1) is 17.1. The van der Waals surface area contributed by atoms with Crippen LogP contribution in [0.1, 0.15) is 36.2 Å². The summed E-state index contributed by atoms with van der Waals surface area (Å²) in [7, 11) is 0. The van der Waals surface area contributed by atoms with Crippen molar-refractivity contribution >= 4 is 22.6 Å². The predicted octanol–water partition coefficient (Wildman–Crippen LogP) is 4.40. The first-order valence-corrected chi connectivity index (χ1v) is 12.5. The fourth-order valence-electron chi connectivity index (χ4n) is 5.02. The van der Waals surface area contributed by atoms with Gasteiger partial charge in [0.15, 0.2) is 5.82 Å². The normalized spacial score (nSPS) is 15.9. The van der Waals surface area contributed by atoms with Crippen LogP contribution in [0.25, 0.3) is 16.6 Å². The highest BCUT2D eigenvalue weighted by atomic mass is 16.1. The number of aromatic nitrogens is 4. The molecule has 2 aromatic carbocycles. The Labute approximate surface area is 206 Å². The van der Waals surface area contributed by atoms with Crippen molar-refractivity contribution in [1.82, 2.24) is 25.3 Å². The molecule has 180 valence electrons. The van der Waals surface area contributed by atoms with E-state index in [0.717, 1.165) is 66.0 Å². The molecular formula is C28H32N6O. The number of nitrogens with one attached hydrogen (secondary N) is 1. The monoisotopic (exact) mass is 468 g/mol. The number of fused-ring (bicyclic) bond motifs is 1. The molecule has 0 bridgehead atoms. The van der Waals surface area contributed by atoms with Gasteiger partial charge >= 0.3 is 0 Å². The van der Waals surface area contributed by atoms with Gasteiger partial charge in [0.1, 0.15) is 5.52 Å². The Hall–Kier alpha value is -3.74. The highest BCUT2D eigenvalue weighted by Crippen LogP contribution is 2.31. The summed E-state index contributed by atoms with van der Waals surface area (Å²) in [5.74, 6) is 0.839. The molecular weight excluding hydrogens is 436 g/mol. The molecule has 7 nitrogen and oxygen atoms in total. The zero-order valence-corrected chi connectivity index (χ0v) is 20.4. The number of para-hydroxylation sites is 1. The van der Waals surface area contributed by atoms with Gasteiger partial charge in [-0.2, -0.15) is 10.2 Å². The molecule has 1 saturated heterocycles. The molecule has 2 aromatic heterocycles. The van der Waals surface area contributed by atoms with E-state index >= 15 is 0 Å². The smallest absolute Gasteiger partial charge is 0.224 e. The summed E-state index contributed by atoms with van der Waals surface area (Å²) in [6.07, 6.45) is 3.74. The Kier molecular flexibility index (Phi) is 6.75. The Bertz CT molecular complexity index is 1300. The van der Waals surface area contributed by atoms with E-state index < -0.39 is 0 Å². The molecule has 35 heavy (non-hydrogen) atoms. The van der Waals surface area contributed by atoms with Crippen LogP contribution >= 0.6 is 0 Å². The Morgan fingerprint density at radius 2 is 1.77 bits per heavy atom. The van der Waals surface area contributed by atoms with Crippen molar-refractivity contribution in [2.24, 2.45) is 5.92 Å². The molecule has 0 spiro atoms. The highest BCUT2D eigenvalue weighted by Gasteiger charge is 2.29. The Morgan fingerprint density at radius 1 is 1.03 bits per heavy atom. The van der Waals surface area contributed by atoms with Crippen LogP contribution in [0.5, 0.6) is 0 Å². The third-order valence-electron chi connectivity index (χ3n) is 6.86. The second-order valence-corrected chi connectivity index (χ2v) is 9.33. The number of hydrogen-bond donors (Lipinski definition) is 1. The van der Waals surface area contributed by atoms with Gasteiger partial charge in [-0.25, -0.2) is 4.68 Å². The van der Waals surface area contributed by atoms with E-state index in [4.69, 9.17) is 5.10 Å². The van der Waals surface area contributed by atoms with E-state index in [1.807, 2.05) is 48.0 Å². The molecule has 1 amide bonds. The van der Waals surface area contributed by atoms with Gasteiger partial charge in [-0.05, 0) is 57.2 Å². The molecule has 0 aliphatic carbocycles. The summed E-state index contributed by atoms with van der Waals surface area (Å²) in [6.45, 7) is 6.23.